The van der Waals surface area contributed by atoms with E-state index in [4.69, 9.17) is 15.2 Å². The van der Waals surface area contributed by atoms with Crippen LogP contribution in [0.5, 0.6) is 0 Å². The van der Waals surface area contributed by atoms with Crippen molar-refractivity contribution < 1.29 is 14.6 Å². The summed E-state index contributed by atoms with van der Waals surface area (Å²) in [6.07, 6.45) is -0.900. The highest BCUT2D eigenvalue weighted by Crippen LogP contribution is 2.32. The third-order valence-electron chi connectivity index (χ3n) is 2.81. The lowest BCUT2D eigenvalue weighted by Crippen LogP contribution is -2.60. The molecule has 0 amide bonds. The van der Waals surface area contributed by atoms with Crippen molar-refractivity contribution in [1.29, 1.82) is 0 Å². The lowest BCUT2D eigenvalue weighted by atomic mass is 9.96. The Kier molecular flexibility index (Phi) is 2.53. The molecule has 5 heteroatoms. The number of aliphatic hydroxyl groups excluding tert-OH is 1. The second-order valence-corrected chi connectivity index (χ2v) is 4.38. The molecule has 0 radical (unpaired) electrons. The zero-order valence-corrected chi connectivity index (χ0v) is 8.56. The first-order chi connectivity index (χ1) is 6.53. The van der Waals surface area contributed by atoms with Crippen LogP contribution >= 0.6 is 0 Å². The molecule has 2 aliphatic heterocycles. The Balaban J connectivity index is 2.08. The highest BCUT2D eigenvalue weighted by molar-refractivity contribution is 4.98. The number of aliphatic hydroxyl groups is 1. The zero-order valence-electron chi connectivity index (χ0n) is 8.56. The van der Waals surface area contributed by atoms with Crippen LogP contribution in [0.15, 0.2) is 0 Å². The van der Waals surface area contributed by atoms with Crippen LogP contribution in [-0.4, -0.2) is 48.3 Å². The Morgan fingerprint density at radius 2 is 2.21 bits per heavy atom. The van der Waals surface area contributed by atoms with E-state index in [-0.39, 0.29) is 18.2 Å². The van der Waals surface area contributed by atoms with Gasteiger partial charge in [0.15, 0.2) is 5.79 Å². The number of ether oxygens (including phenoxy) is 2. The second-order valence-electron chi connectivity index (χ2n) is 4.38. The molecule has 4 atom stereocenters. The molecule has 0 aromatic carbocycles. The SMILES string of the molecule is CC1(C)O[C@H]2[C@H](O)[C@@H](CN)NC[C@@H]2O1. The highest BCUT2D eigenvalue weighted by Gasteiger charge is 2.49. The van der Waals surface area contributed by atoms with Crippen molar-refractivity contribution in [2.24, 2.45) is 5.73 Å². The normalized spacial score (nSPS) is 46.3. The molecule has 0 aliphatic carbocycles. The van der Waals surface area contributed by atoms with Crippen molar-refractivity contribution in [3.8, 4) is 0 Å². The van der Waals surface area contributed by atoms with E-state index >= 15 is 0 Å². The third-order valence-corrected chi connectivity index (χ3v) is 2.81. The van der Waals surface area contributed by atoms with Gasteiger partial charge in [-0.15, -0.1) is 0 Å². The van der Waals surface area contributed by atoms with Gasteiger partial charge in [-0.3, -0.25) is 0 Å². The van der Waals surface area contributed by atoms with Crippen molar-refractivity contribution in [2.75, 3.05) is 13.1 Å². The Morgan fingerprint density at radius 3 is 2.86 bits per heavy atom. The fourth-order valence-corrected chi connectivity index (χ4v) is 2.15. The van der Waals surface area contributed by atoms with Gasteiger partial charge >= 0.3 is 0 Å². The van der Waals surface area contributed by atoms with Crippen molar-refractivity contribution in [1.82, 2.24) is 5.32 Å². The van der Waals surface area contributed by atoms with Gasteiger partial charge in [0.1, 0.15) is 12.2 Å². The monoisotopic (exact) mass is 202 g/mol. The predicted molar refractivity (Wildman–Crippen MR) is 50.7 cm³/mol. The minimum absolute atomic E-state index is 0.0669. The molecule has 2 heterocycles. The molecular formula is C9H18N2O3. The van der Waals surface area contributed by atoms with Gasteiger partial charge in [-0.1, -0.05) is 0 Å². The quantitative estimate of drug-likeness (QED) is 0.498. The first kappa shape index (κ1) is 10.3. The van der Waals surface area contributed by atoms with Gasteiger partial charge < -0.3 is 25.6 Å². The third kappa shape index (κ3) is 1.66. The van der Waals surface area contributed by atoms with E-state index in [0.29, 0.717) is 13.1 Å². The molecule has 0 bridgehead atoms. The summed E-state index contributed by atoms with van der Waals surface area (Å²) >= 11 is 0. The summed E-state index contributed by atoms with van der Waals surface area (Å²) in [6, 6.07) is -0.0891. The number of hydrogen-bond donors (Lipinski definition) is 3. The molecule has 2 saturated heterocycles. The largest absolute Gasteiger partial charge is 0.389 e. The van der Waals surface area contributed by atoms with Crippen molar-refractivity contribution >= 4 is 0 Å². The molecular weight excluding hydrogens is 184 g/mol. The summed E-state index contributed by atoms with van der Waals surface area (Å²) < 4.78 is 11.3. The molecule has 0 aromatic heterocycles. The van der Waals surface area contributed by atoms with E-state index in [9.17, 15) is 5.11 Å². The van der Waals surface area contributed by atoms with Gasteiger partial charge in [0.05, 0.1) is 6.10 Å². The Labute approximate surface area is 83.6 Å². The lowest BCUT2D eigenvalue weighted by molar-refractivity contribution is -0.153. The van der Waals surface area contributed by atoms with Crippen LogP contribution in [0.1, 0.15) is 13.8 Å². The number of fused-ring (bicyclic) bond motifs is 1. The standard InChI is InChI=1S/C9H18N2O3/c1-9(2)13-6-4-11-5(3-10)7(12)8(6)14-9/h5-8,11-12H,3-4,10H2,1-2H3/t5-,6+,7-,8-/m1/s1. The summed E-state index contributed by atoms with van der Waals surface area (Å²) in [5, 5.41) is 13.1. The smallest absolute Gasteiger partial charge is 0.163 e. The van der Waals surface area contributed by atoms with Crippen LogP contribution in [0.2, 0.25) is 0 Å². The molecule has 2 aliphatic rings. The Morgan fingerprint density at radius 1 is 1.50 bits per heavy atom. The van der Waals surface area contributed by atoms with Crippen LogP contribution < -0.4 is 11.1 Å². The van der Waals surface area contributed by atoms with E-state index in [1.54, 1.807) is 0 Å². The molecule has 2 fully saturated rings. The minimum atomic E-state index is -0.596. The van der Waals surface area contributed by atoms with Gasteiger partial charge in [0.2, 0.25) is 0 Å². The molecule has 0 spiro atoms. The van der Waals surface area contributed by atoms with Gasteiger partial charge in [0, 0.05) is 19.1 Å². The summed E-state index contributed by atoms with van der Waals surface area (Å²) in [5.41, 5.74) is 5.53. The maximum atomic E-state index is 9.92. The van der Waals surface area contributed by atoms with Gasteiger partial charge in [0.25, 0.3) is 0 Å². The predicted octanol–water partition coefficient (Wildman–Crippen LogP) is -1.20. The number of nitrogens with two attached hydrogens (primary N) is 1. The van der Waals surface area contributed by atoms with E-state index < -0.39 is 11.9 Å². The van der Waals surface area contributed by atoms with Crippen molar-refractivity contribution in [2.45, 2.75) is 44.0 Å². The molecule has 0 saturated carbocycles. The molecule has 5 nitrogen and oxygen atoms in total. The van der Waals surface area contributed by atoms with Crippen LogP contribution in [0.4, 0.5) is 0 Å². The summed E-state index contributed by atoms with van der Waals surface area (Å²) in [7, 11) is 0. The molecule has 4 N–H and O–H groups in total. The van der Waals surface area contributed by atoms with E-state index in [0.717, 1.165) is 0 Å². The summed E-state index contributed by atoms with van der Waals surface area (Å²) in [5.74, 6) is -0.596. The van der Waals surface area contributed by atoms with Crippen LogP contribution in [0, 0.1) is 0 Å². The fourth-order valence-electron chi connectivity index (χ4n) is 2.15. The van der Waals surface area contributed by atoms with Crippen LogP contribution in [0.25, 0.3) is 0 Å². The second kappa shape index (κ2) is 3.43. The zero-order chi connectivity index (χ0) is 10.3. The summed E-state index contributed by atoms with van der Waals surface area (Å²) in [4.78, 5) is 0. The van der Waals surface area contributed by atoms with Gasteiger partial charge in [-0.05, 0) is 13.8 Å². The van der Waals surface area contributed by atoms with Crippen molar-refractivity contribution in [3.05, 3.63) is 0 Å². The topological polar surface area (TPSA) is 76.7 Å². The van der Waals surface area contributed by atoms with Crippen LogP contribution in [0.3, 0.4) is 0 Å². The average Bonchev–Trinajstić information content (AvgIpc) is 2.42. The number of rotatable bonds is 1. The van der Waals surface area contributed by atoms with Gasteiger partial charge in [-0.25, -0.2) is 0 Å². The molecule has 82 valence electrons. The average molecular weight is 202 g/mol. The maximum Gasteiger partial charge on any atom is 0.163 e. The van der Waals surface area contributed by atoms with Crippen molar-refractivity contribution in [3.63, 3.8) is 0 Å². The Hall–Kier alpha value is -0.200. The molecule has 14 heavy (non-hydrogen) atoms. The summed E-state index contributed by atoms with van der Waals surface area (Å²) in [6.45, 7) is 4.81. The Bertz CT molecular complexity index is 222. The first-order valence-electron chi connectivity index (χ1n) is 5.00. The molecule has 2 rings (SSSR count). The number of piperidine rings is 1. The minimum Gasteiger partial charge on any atom is -0.389 e. The number of nitrogens with one attached hydrogen (secondary N) is 1. The van der Waals surface area contributed by atoms with E-state index in [2.05, 4.69) is 5.32 Å². The van der Waals surface area contributed by atoms with E-state index in [1.807, 2.05) is 13.8 Å². The van der Waals surface area contributed by atoms with Gasteiger partial charge in [-0.2, -0.15) is 0 Å². The fraction of sp³-hybridized carbons (Fsp3) is 1.00. The highest BCUT2D eigenvalue weighted by atomic mass is 16.8. The maximum absolute atomic E-state index is 9.92. The van der Waals surface area contributed by atoms with E-state index in [1.165, 1.54) is 0 Å². The lowest BCUT2D eigenvalue weighted by Gasteiger charge is -2.34. The first-order valence-corrected chi connectivity index (χ1v) is 5.00. The number of hydrogen-bond acceptors (Lipinski definition) is 5. The van der Waals surface area contributed by atoms with Crippen LogP contribution in [-0.2, 0) is 9.47 Å². The molecule has 0 unspecified atom stereocenters. The molecule has 0 aromatic rings.